The number of carbonyl (C=O) groups is 1. The molecule has 0 atom stereocenters. The SMILES string of the molecule is COc1ccc(Br)cc1/C=C/C(=O)Nc1ccc(Oc2ncccc2C#N)cc1C. The number of amides is 1. The molecule has 0 saturated heterocycles. The van der Waals surface area contributed by atoms with Crippen molar-refractivity contribution in [3.63, 3.8) is 0 Å². The van der Waals surface area contributed by atoms with Crippen LogP contribution in [0.15, 0.2) is 65.3 Å². The number of benzene rings is 2. The molecule has 1 aromatic heterocycles. The van der Waals surface area contributed by atoms with Crippen LogP contribution in [0.2, 0.25) is 0 Å². The molecule has 3 aromatic rings. The smallest absolute Gasteiger partial charge is 0.248 e. The zero-order valence-corrected chi connectivity index (χ0v) is 17.9. The van der Waals surface area contributed by atoms with Gasteiger partial charge in [-0.2, -0.15) is 5.26 Å². The van der Waals surface area contributed by atoms with Crippen molar-refractivity contribution in [3.05, 3.63) is 82.0 Å². The second-order valence-electron chi connectivity index (χ2n) is 6.26. The summed E-state index contributed by atoms with van der Waals surface area (Å²) < 4.78 is 11.9. The molecule has 1 amide bonds. The normalized spacial score (nSPS) is 10.5. The number of nitrogens with one attached hydrogen (secondary N) is 1. The van der Waals surface area contributed by atoms with Crippen LogP contribution in [0.5, 0.6) is 17.4 Å². The highest BCUT2D eigenvalue weighted by atomic mass is 79.9. The first-order chi connectivity index (χ1) is 14.5. The van der Waals surface area contributed by atoms with Gasteiger partial charge in [0.1, 0.15) is 23.1 Å². The Morgan fingerprint density at radius 2 is 2.07 bits per heavy atom. The van der Waals surface area contributed by atoms with E-state index in [0.29, 0.717) is 22.7 Å². The van der Waals surface area contributed by atoms with E-state index in [-0.39, 0.29) is 11.8 Å². The van der Waals surface area contributed by atoms with Gasteiger partial charge in [-0.15, -0.1) is 0 Å². The van der Waals surface area contributed by atoms with Gasteiger partial charge < -0.3 is 14.8 Å². The molecule has 0 aliphatic carbocycles. The lowest BCUT2D eigenvalue weighted by Crippen LogP contribution is -2.09. The average molecular weight is 464 g/mol. The van der Waals surface area contributed by atoms with E-state index >= 15 is 0 Å². The third-order valence-corrected chi connectivity index (χ3v) is 4.66. The first-order valence-electron chi connectivity index (χ1n) is 8.96. The fourth-order valence-electron chi connectivity index (χ4n) is 2.68. The van der Waals surface area contributed by atoms with Crippen LogP contribution >= 0.6 is 15.9 Å². The number of ether oxygens (including phenoxy) is 2. The molecule has 6 nitrogen and oxygen atoms in total. The number of pyridine rings is 1. The molecular weight excluding hydrogens is 446 g/mol. The predicted molar refractivity (Wildman–Crippen MR) is 119 cm³/mol. The largest absolute Gasteiger partial charge is 0.496 e. The van der Waals surface area contributed by atoms with Crippen molar-refractivity contribution < 1.29 is 14.3 Å². The number of aryl methyl sites for hydroxylation is 1. The molecule has 150 valence electrons. The Morgan fingerprint density at radius 3 is 2.80 bits per heavy atom. The molecule has 0 unspecified atom stereocenters. The van der Waals surface area contributed by atoms with E-state index in [1.165, 1.54) is 6.08 Å². The van der Waals surface area contributed by atoms with Gasteiger partial charge in [-0.05, 0) is 67.1 Å². The van der Waals surface area contributed by atoms with Gasteiger partial charge in [0.2, 0.25) is 11.8 Å². The van der Waals surface area contributed by atoms with Crippen LogP contribution in [0.25, 0.3) is 6.08 Å². The molecule has 0 aliphatic rings. The zero-order valence-electron chi connectivity index (χ0n) is 16.3. The Hall–Kier alpha value is -3.63. The van der Waals surface area contributed by atoms with Gasteiger partial charge in [-0.1, -0.05) is 15.9 Å². The van der Waals surface area contributed by atoms with Crippen molar-refractivity contribution in [2.24, 2.45) is 0 Å². The maximum Gasteiger partial charge on any atom is 0.248 e. The highest BCUT2D eigenvalue weighted by Gasteiger charge is 2.08. The van der Waals surface area contributed by atoms with Crippen LogP contribution in [0.1, 0.15) is 16.7 Å². The molecule has 0 radical (unpaired) electrons. The summed E-state index contributed by atoms with van der Waals surface area (Å²) >= 11 is 3.41. The zero-order chi connectivity index (χ0) is 21.5. The molecule has 0 aliphatic heterocycles. The van der Waals surface area contributed by atoms with Crippen LogP contribution < -0.4 is 14.8 Å². The van der Waals surface area contributed by atoms with Gasteiger partial charge in [0, 0.05) is 28.0 Å². The average Bonchev–Trinajstić information content (AvgIpc) is 2.74. The number of methoxy groups -OCH3 is 1. The Labute approximate surface area is 182 Å². The Balaban J connectivity index is 1.71. The molecule has 1 N–H and O–H groups in total. The van der Waals surface area contributed by atoms with Crippen molar-refractivity contribution in [3.8, 4) is 23.4 Å². The van der Waals surface area contributed by atoms with Crippen LogP contribution in [-0.2, 0) is 4.79 Å². The fraction of sp³-hybridized carbons (Fsp3) is 0.0870. The van der Waals surface area contributed by atoms with Crippen molar-refractivity contribution in [2.45, 2.75) is 6.92 Å². The van der Waals surface area contributed by atoms with Gasteiger partial charge >= 0.3 is 0 Å². The van der Waals surface area contributed by atoms with Gasteiger partial charge in [-0.25, -0.2) is 4.98 Å². The summed E-state index contributed by atoms with van der Waals surface area (Å²) in [5, 5.41) is 12.0. The van der Waals surface area contributed by atoms with E-state index in [4.69, 9.17) is 14.7 Å². The minimum atomic E-state index is -0.273. The lowest BCUT2D eigenvalue weighted by Gasteiger charge is -2.10. The number of carbonyl (C=O) groups excluding carboxylic acids is 1. The van der Waals surface area contributed by atoms with Crippen LogP contribution in [0, 0.1) is 18.3 Å². The minimum absolute atomic E-state index is 0.238. The summed E-state index contributed by atoms with van der Waals surface area (Å²) in [6.45, 7) is 1.85. The van der Waals surface area contributed by atoms with Gasteiger partial charge in [0.25, 0.3) is 0 Å². The first-order valence-corrected chi connectivity index (χ1v) is 9.75. The van der Waals surface area contributed by atoms with Gasteiger partial charge in [0.15, 0.2) is 0 Å². The molecule has 3 rings (SSSR count). The summed E-state index contributed by atoms with van der Waals surface area (Å²) in [5.74, 6) is 1.16. The Morgan fingerprint density at radius 1 is 1.23 bits per heavy atom. The van der Waals surface area contributed by atoms with Gasteiger partial charge in [0.05, 0.1) is 7.11 Å². The highest BCUT2D eigenvalue weighted by Crippen LogP contribution is 2.27. The number of anilines is 1. The van der Waals surface area contributed by atoms with E-state index < -0.39 is 0 Å². The molecular formula is C23H18BrN3O3. The number of halogens is 1. The second-order valence-corrected chi connectivity index (χ2v) is 7.17. The third kappa shape index (κ3) is 5.25. The highest BCUT2D eigenvalue weighted by molar-refractivity contribution is 9.10. The predicted octanol–water partition coefficient (Wildman–Crippen LogP) is 5.48. The number of rotatable bonds is 6. The third-order valence-electron chi connectivity index (χ3n) is 4.17. The summed E-state index contributed by atoms with van der Waals surface area (Å²) in [6.07, 6.45) is 4.70. The van der Waals surface area contributed by atoms with Crippen LogP contribution in [-0.4, -0.2) is 18.0 Å². The molecule has 2 aromatic carbocycles. The quantitative estimate of drug-likeness (QED) is 0.489. The standard InChI is InChI=1S/C23H18BrN3O3/c1-15-12-19(30-23-17(14-25)4-3-11-26-23)7-8-20(15)27-22(28)10-5-16-13-18(24)6-9-21(16)29-2/h3-13H,1-2H3,(H,27,28)/b10-5+. The fourth-order valence-corrected chi connectivity index (χ4v) is 3.06. The second kappa shape index (κ2) is 9.72. The Kier molecular flexibility index (Phi) is 6.83. The lowest BCUT2D eigenvalue weighted by molar-refractivity contribution is -0.111. The molecule has 30 heavy (non-hydrogen) atoms. The Bertz CT molecular complexity index is 1150. The van der Waals surface area contributed by atoms with Crippen molar-refractivity contribution in [1.29, 1.82) is 5.26 Å². The van der Waals surface area contributed by atoms with Crippen LogP contribution in [0.4, 0.5) is 5.69 Å². The lowest BCUT2D eigenvalue weighted by atomic mass is 10.1. The summed E-state index contributed by atoms with van der Waals surface area (Å²) in [4.78, 5) is 16.4. The first kappa shape index (κ1) is 21.1. The number of hydrogen-bond acceptors (Lipinski definition) is 5. The van der Waals surface area contributed by atoms with Crippen LogP contribution in [0.3, 0.4) is 0 Å². The number of nitrogens with zero attached hydrogens (tertiary/aromatic N) is 2. The molecule has 7 heteroatoms. The molecule has 0 spiro atoms. The van der Waals surface area contributed by atoms with E-state index in [9.17, 15) is 4.79 Å². The number of hydrogen-bond donors (Lipinski definition) is 1. The maximum absolute atomic E-state index is 12.4. The molecule has 0 bridgehead atoms. The maximum atomic E-state index is 12.4. The van der Waals surface area contributed by atoms with Crippen molar-refractivity contribution in [2.75, 3.05) is 12.4 Å². The van der Waals surface area contributed by atoms with Crippen molar-refractivity contribution in [1.82, 2.24) is 4.98 Å². The summed E-state index contributed by atoms with van der Waals surface area (Å²) in [6, 6.07) is 16.1. The molecule has 0 fully saturated rings. The summed E-state index contributed by atoms with van der Waals surface area (Å²) in [5.41, 5.74) is 2.59. The molecule has 0 saturated carbocycles. The van der Waals surface area contributed by atoms with E-state index in [1.54, 1.807) is 49.7 Å². The minimum Gasteiger partial charge on any atom is -0.496 e. The van der Waals surface area contributed by atoms with Crippen molar-refractivity contribution >= 4 is 33.6 Å². The van der Waals surface area contributed by atoms with E-state index in [2.05, 4.69) is 26.2 Å². The number of nitriles is 1. The monoisotopic (exact) mass is 463 g/mol. The topological polar surface area (TPSA) is 84.2 Å². The van der Waals surface area contributed by atoms with E-state index in [0.717, 1.165) is 15.6 Å². The summed E-state index contributed by atoms with van der Waals surface area (Å²) in [7, 11) is 1.58. The van der Waals surface area contributed by atoms with E-state index in [1.807, 2.05) is 31.2 Å². The number of aromatic nitrogens is 1. The molecule has 1 heterocycles. The van der Waals surface area contributed by atoms with Gasteiger partial charge in [-0.3, -0.25) is 4.79 Å².